The molecule has 0 aliphatic carbocycles. The summed E-state index contributed by atoms with van der Waals surface area (Å²) in [6, 6.07) is 5.12. The average molecular weight is 244 g/mol. The van der Waals surface area contributed by atoms with Crippen LogP contribution in [0, 0.1) is 0 Å². The summed E-state index contributed by atoms with van der Waals surface area (Å²) < 4.78 is 4.73. The van der Waals surface area contributed by atoms with Crippen molar-refractivity contribution < 1.29 is 9.53 Å². The van der Waals surface area contributed by atoms with E-state index in [1.807, 2.05) is 36.7 Å². The maximum Gasteiger partial charge on any atom is 0.356 e. The molecule has 0 radical (unpaired) electrons. The Bertz CT molecular complexity index is 422. The number of esters is 1. The number of hydrogen-bond donors (Lipinski definition) is 1. The van der Waals surface area contributed by atoms with Gasteiger partial charge in [0.15, 0.2) is 0 Å². The fraction of sp³-hybridized carbons (Fsp3) is 0.143. The number of nitrogens with one attached hydrogen (secondary N) is 1. The van der Waals surface area contributed by atoms with Gasteiger partial charge in [-0.1, -0.05) is 18.2 Å². The number of carbonyl (C=O) groups excluding carboxylic acids is 1. The van der Waals surface area contributed by atoms with Gasteiger partial charge in [0.05, 0.1) is 6.61 Å². The standard InChI is InChI=1S/C8H9NO2.C6H7N/c1-2-11-8(10)7-5-3-4-6-9-7;1-2-4-6-7-5-3-1/h3-6H,2H2,1H3;1-7H. The van der Waals surface area contributed by atoms with Gasteiger partial charge in [-0.2, -0.15) is 0 Å². The summed E-state index contributed by atoms with van der Waals surface area (Å²) in [5.41, 5.74) is 0.356. The van der Waals surface area contributed by atoms with Gasteiger partial charge in [-0.05, 0) is 31.2 Å². The number of pyridine rings is 1. The van der Waals surface area contributed by atoms with Crippen LogP contribution in [-0.4, -0.2) is 17.6 Å². The molecular formula is C14H16N2O2. The molecule has 1 aliphatic heterocycles. The Morgan fingerprint density at radius 2 is 1.94 bits per heavy atom. The maximum absolute atomic E-state index is 11.0. The van der Waals surface area contributed by atoms with Gasteiger partial charge in [0, 0.05) is 18.6 Å². The van der Waals surface area contributed by atoms with Crippen LogP contribution in [0.5, 0.6) is 0 Å². The highest BCUT2D eigenvalue weighted by Crippen LogP contribution is 1.95. The van der Waals surface area contributed by atoms with Gasteiger partial charge in [0.25, 0.3) is 0 Å². The molecule has 18 heavy (non-hydrogen) atoms. The SMILES string of the molecule is C1=CC=CNC=C1.CCOC(=O)c1ccccn1. The summed E-state index contributed by atoms with van der Waals surface area (Å²) in [7, 11) is 0. The van der Waals surface area contributed by atoms with Crippen LogP contribution in [0.15, 0.2) is 61.1 Å². The van der Waals surface area contributed by atoms with E-state index < -0.39 is 0 Å². The Morgan fingerprint density at radius 1 is 1.22 bits per heavy atom. The highest BCUT2D eigenvalue weighted by atomic mass is 16.5. The van der Waals surface area contributed by atoms with E-state index in [0.29, 0.717) is 12.3 Å². The molecule has 0 bridgehead atoms. The van der Waals surface area contributed by atoms with Crippen molar-refractivity contribution in [1.29, 1.82) is 0 Å². The second kappa shape index (κ2) is 8.75. The van der Waals surface area contributed by atoms with E-state index in [9.17, 15) is 4.79 Å². The van der Waals surface area contributed by atoms with Crippen molar-refractivity contribution in [3.8, 4) is 0 Å². The van der Waals surface area contributed by atoms with Crippen molar-refractivity contribution in [2.24, 2.45) is 0 Å². The van der Waals surface area contributed by atoms with Crippen LogP contribution in [-0.2, 0) is 4.74 Å². The third-order valence-electron chi connectivity index (χ3n) is 1.87. The quantitative estimate of drug-likeness (QED) is 0.812. The number of aromatic nitrogens is 1. The van der Waals surface area contributed by atoms with E-state index in [-0.39, 0.29) is 5.97 Å². The van der Waals surface area contributed by atoms with Crippen LogP contribution in [0.3, 0.4) is 0 Å². The van der Waals surface area contributed by atoms with Crippen molar-refractivity contribution >= 4 is 5.97 Å². The monoisotopic (exact) mass is 244 g/mol. The van der Waals surface area contributed by atoms with Gasteiger partial charge in [-0.3, -0.25) is 0 Å². The maximum atomic E-state index is 11.0. The van der Waals surface area contributed by atoms with E-state index in [1.54, 1.807) is 31.3 Å². The molecule has 0 unspecified atom stereocenters. The molecule has 1 aliphatic rings. The normalized spacial score (nSPS) is 11.8. The Labute approximate surface area is 107 Å². The first-order chi connectivity index (χ1) is 8.84. The minimum absolute atomic E-state index is 0.356. The van der Waals surface area contributed by atoms with Gasteiger partial charge in [-0.25, -0.2) is 9.78 Å². The zero-order chi connectivity index (χ0) is 13.1. The number of allylic oxidation sites excluding steroid dienone is 4. The van der Waals surface area contributed by atoms with Crippen LogP contribution in [0.1, 0.15) is 17.4 Å². The summed E-state index contributed by atoms with van der Waals surface area (Å²) in [5, 5.41) is 2.92. The largest absolute Gasteiger partial charge is 0.461 e. The van der Waals surface area contributed by atoms with Crippen molar-refractivity contribution in [2.75, 3.05) is 6.61 Å². The number of nitrogens with zero attached hydrogens (tertiary/aromatic N) is 1. The molecule has 2 heterocycles. The van der Waals surface area contributed by atoms with E-state index in [4.69, 9.17) is 4.74 Å². The highest BCUT2D eigenvalue weighted by molar-refractivity contribution is 5.86. The molecule has 0 spiro atoms. The molecule has 4 nitrogen and oxygen atoms in total. The molecule has 0 fully saturated rings. The molecule has 0 saturated carbocycles. The van der Waals surface area contributed by atoms with Gasteiger partial charge >= 0.3 is 5.97 Å². The third-order valence-corrected chi connectivity index (χ3v) is 1.87. The number of hydrogen-bond acceptors (Lipinski definition) is 4. The average Bonchev–Trinajstić information content (AvgIpc) is 2.73. The Balaban J connectivity index is 0.000000199. The summed E-state index contributed by atoms with van der Waals surface area (Å²) in [4.78, 5) is 14.8. The molecule has 2 rings (SSSR count). The van der Waals surface area contributed by atoms with Crippen molar-refractivity contribution in [1.82, 2.24) is 10.3 Å². The smallest absolute Gasteiger partial charge is 0.356 e. The highest BCUT2D eigenvalue weighted by Gasteiger charge is 2.04. The number of ether oxygens (including phenoxy) is 1. The van der Waals surface area contributed by atoms with E-state index >= 15 is 0 Å². The fourth-order valence-corrected chi connectivity index (χ4v) is 1.09. The van der Waals surface area contributed by atoms with Crippen LogP contribution >= 0.6 is 0 Å². The zero-order valence-corrected chi connectivity index (χ0v) is 10.2. The first-order valence-electron chi connectivity index (χ1n) is 5.67. The molecule has 0 atom stereocenters. The molecule has 0 aromatic carbocycles. The van der Waals surface area contributed by atoms with Crippen molar-refractivity contribution in [3.63, 3.8) is 0 Å². The lowest BCUT2D eigenvalue weighted by Gasteiger charge is -1.98. The van der Waals surface area contributed by atoms with E-state index in [1.165, 1.54) is 0 Å². The molecule has 1 aromatic rings. The third kappa shape index (κ3) is 5.65. The second-order valence-corrected chi connectivity index (χ2v) is 3.21. The first kappa shape index (κ1) is 13.7. The number of rotatable bonds is 2. The summed E-state index contributed by atoms with van der Waals surface area (Å²) in [5.74, 6) is -0.367. The van der Waals surface area contributed by atoms with Crippen LogP contribution < -0.4 is 5.32 Å². The first-order valence-corrected chi connectivity index (χ1v) is 5.67. The van der Waals surface area contributed by atoms with Crippen molar-refractivity contribution in [2.45, 2.75) is 6.92 Å². The lowest BCUT2D eigenvalue weighted by molar-refractivity contribution is 0.0519. The van der Waals surface area contributed by atoms with E-state index in [2.05, 4.69) is 10.3 Å². The predicted octanol–water partition coefficient (Wildman–Crippen LogP) is 2.43. The zero-order valence-electron chi connectivity index (χ0n) is 10.2. The topological polar surface area (TPSA) is 51.2 Å². The van der Waals surface area contributed by atoms with E-state index in [0.717, 1.165) is 0 Å². The van der Waals surface area contributed by atoms with Gasteiger partial charge in [-0.15, -0.1) is 0 Å². The Kier molecular flexibility index (Phi) is 6.66. The lowest BCUT2D eigenvalue weighted by atomic mass is 10.4. The molecule has 0 amide bonds. The van der Waals surface area contributed by atoms with Gasteiger partial charge in [0.1, 0.15) is 5.69 Å². The summed E-state index contributed by atoms with van der Waals surface area (Å²) in [6.45, 7) is 2.15. The number of carbonyl (C=O) groups is 1. The Morgan fingerprint density at radius 3 is 2.50 bits per heavy atom. The molecule has 4 heteroatoms. The van der Waals surface area contributed by atoms with Crippen molar-refractivity contribution in [3.05, 3.63) is 66.8 Å². The van der Waals surface area contributed by atoms with Gasteiger partial charge in [0.2, 0.25) is 0 Å². The van der Waals surface area contributed by atoms with Crippen LogP contribution in [0.2, 0.25) is 0 Å². The van der Waals surface area contributed by atoms with Gasteiger partial charge < -0.3 is 10.1 Å². The Hall–Kier alpha value is -2.36. The molecule has 94 valence electrons. The molecular weight excluding hydrogens is 228 g/mol. The minimum atomic E-state index is -0.367. The summed E-state index contributed by atoms with van der Waals surface area (Å²) >= 11 is 0. The summed E-state index contributed by atoms with van der Waals surface area (Å²) in [6.07, 6.45) is 13.1. The molecule has 1 aromatic heterocycles. The molecule has 1 N–H and O–H groups in total. The minimum Gasteiger partial charge on any atom is -0.461 e. The molecule has 0 saturated heterocycles. The second-order valence-electron chi connectivity index (χ2n) is 3.21. The predicted molar refractivity (Wildman–Crippen MR) is 70.7 cm³/mol. The fourth-order valence-electron chi connectivity index (χ4n) is 1.09. The lowest BCUT2D eigenvalue weighted by Crippen LogP contribution is -2.05. The van der Waals surface area contributed by atoms with Crippen LogP contribution in [0.25, 0.3) is 0 Å². The van der Waals surface area contributed by atoms with Crippen LogP contribution in [0.4, 0.5) is 0 Å².